The minimum Gasteiger partial charge on any atom is -0.353 e. The lowest BCUT2D eigenvalue weighted by Gasteiger charge is -2.30. The summed E-state index contributed by atoms with van der Waals surface area (Å²) in [4.78, 5) is 25.4. The summed E-state index contributed by atoms with van der Waals surface area (Å²) < 4.78 is 0. The molecule has 1 unspecified atom stereocenters. The van der Waals surface area contributed by atoms with Gasteiger partial charge >= 0.3 is 0 Å². The summed E-state index contributed by atoms with van der Waals surface area (Å²) >= 11 is 0. The van der Waals surface area contributed by atoms with Crippen LogP contribution in [-0.4, -0.2) is 51.1 Å². The summed E-state index contributed by atoms with van der Waals surface area (Å²) in [5.74, 6) is 2.70. The Balaban J connectivity index is 1.45. The SMILES string of the molecule is C1=CCC(c2c[nH]c3nccc(-c4nc(N5CCNCC5)c5c(C6CC6)cncc5n4)c23)C=C1. The van der Waals surface area contributed by atoms with Crippen LogP contribution in [0.4, 0.5) is 5.82 Å². The first-order chi connectivity index (χ1) is 16.9. The zero-order valence-corrected chi connectivity index (χ0v) is 19.0. The van der Waals surface area contributed by atoms with Gasteiger partial charge < -0.3 is 15.2 Å². The molecular weight excluding hydrogens is 422 g/mol. The molecule has 34 heavy (non-hydrogen) atoms. The van der Waals surface area contributed by atoms with E-state index in [2.05, 4.69) is 61.7 Å². The maximum absolute atomic E-state index is 5.27. The third-order valence-electron chi connectivity index (χ3n) is 7.28. The summed E-state index contributed by atoms with van der Waals surface area (Å²) in [6, 6.07) is 2.06. The van der Waals surface area contributed by atoms with Crippen molar-refractivity contribution in [1.82, 2.24) is 30.2 Å². The second-order valence-corrected chi connectivity index (χ2v) is 9.49. The lowest BCUT2D eigenvalue weighted by atomic mass is 9.91. The molecule has 7 rings (SSSR count). The molecule has 0 radical (unpaired) electrons. The van der Waals surface area contributed by atoms with Crippen molar-refractivity contribution >= 4 is 27.8 Å². The Morgan fingerprint density at radius 2 is 1.88 bits per heavy atom. The van der Waals surface area contributed by atoms with Crippen molar-refractivity contribution in [2.45, 2.75) is 31.1 Å². The molecule has 1 saturated carbocycles. The fraction of sp³-hybridized carbons (Fsp3) is 0.333. The number of H-pyrrole nitrogens is 1. The molecule has 7 nitrogen and oxygen atoms in total. The van der Waals surface area contributed by atoms with Crippen LogP contribution in [0.15, 0.2) is 55.2 Å². The summed E-state index contributed by atoms with van der Waals surface area (Å²) in [7, 11) is 0. The standard InChI is InChI=1S/C27H27N7/c1-2-4-17(5-3-1)21-15-31-26-23(21)19(8-9-30-26)25-32-22-16-29-14-20(18-6-7-18)24(22)27(33-25)34-12-10-28-11-13-34/h1-4,8-9,14-18,28H,5-7,10-13H2,(H,30,31). The number of aromatic nitrogens is 5. The Kier molecular flexibility index (Phi) is 4.68. The van der Waals surface area contributed by atoms with Gasteiger partial charge in [0.25, 0.3) is 0 Å². The van der Waals surface area contributed by atoms with E-state index in [1.54, 1.807) is 0 Å². The van der Waals surface area contributed by atoms with Gasteiger partial charge in [0.1, 0.15) is 11.5 Å². The summed E-state index contributed by atoms with van der Waals surface area (Å²) in [6.45, 7) is 3.82. The maximum Gasteiger partial charge on any atom is 0.163 e. The van der Waals surface area contributed by atoms with E-state index in [4.69, 9.17) is 9.97 Å². The number of fused-ring (bicyclic) bond motifs is 2. The molecule has 5 heterocycles. The number of hydrogen-bond donors (Lipinski definition) is 2. The van der Waals surface area contributed by atoms with Crippen LogP contribution in [0.5, 0.6) is 0 Å². The molecule has 0 amide bonds. The zero-order chi connectivity index (χ0) is 22.5. The van der Waals surface area contributed by atoms with Gasteiger partial charge in [-0.1, -0.05) is 24.3 Å². The average molecular weight is 450 g/mol. The van der Waals surface area contributed by atoms with Gasteiger partial charge in [0, 0.05) is 67.0 Å². The van der Waals surface area contributed by atoms with Gasteiger partial charge in [-0.3, -0.25) is 4.98 Å². The summed E-state index contributed by atoms with van der Waals surface area (Å²) in [5.41, 5.74) is 5.40. The van der Waals surface area contributed by atoms with Gasteiger partial charge in [-0.15, -0.1) is 0 Å². The first-order valence-corrected chi connectivity index (χ1v) is 12.3. The molecule has 1 saturated heterocycles. The van der Waals surface area contributed by atoms with Crippen molar-refractivity contribution in [3.05, 3.63) is 66.3 Å². The normalized spacial score (nSPS) is 20.5. The molecule has 0 spiro atoms. The van der Waals surface area contributed by atoms with Crippen LogP contribution in [0.25, 0.3) is 33.3 Å². The highest BCUT2D eigenvalue weighted by molar-refractivity contribution is 5.98. The molecule has 4 aromatic rings. The summed E-state index contributed by atoms with van der Waals surface area (Å²) in [6.07, 6.45) is 20.1. The van der Waals surface area contributed by atoms with E-state index >= 15 is 0 Å². The highest BCUT2D eigenvalue weighted by Gasteiger charge is 2.29. The molecule has 3 aliphatic rings. The topological polar surface area (TPSA) is 82.6 Å². The molecule has 170 valence electrons. The Labute approximate surface area is 198 Å². The van der Waals surface area contributed by atoms with Gasteiger partial charge in [0.2, 0.25) is 0 Å². The Hall–Kier alpha value is -3.58. The second kappa shape index (κ2) is 8.02. The number of anilines is 1. The molecule has 1 aliphatic heterocycles. The number of pyridine rings is 2. The van der Waals surface area contributed by atoms with E-state index in [9.17, 15) is 0 Å². The van der Waals surface area contributed by atoms with Crippen LogP contribution in [0.1, 0.15) is 42.2 Å². The number of allylic oxidation sites excluding steroid dienone is 4. The Morgan fingerprint density at radius 3 is 2.71 bits per heavy atom. The highest BCUT2D eigenvalue weighted by atomic mass is 15.2. The average Bonchev–Trinajstić information content (AvgIpc) is 3.66. The number of aromatic amines is 1. The van der Waals surface area contributed by atoms with E-state index in [1.165, 1.54) is 29.4 Å². The molecule has 2 fully saturated rings. The van der Waals surface area contributed by atoms with E-state index in [-0.39, 0.29) is 0 Å². The highest BCUT2D eigenvalue weighted by Crippen LogP contribution is 2.45. The Morgan fingerprint density at radius 1 is 0.971 bits per heavy atom. The molecule has 2 N–H and O–H groups in total. The first-order valence-electron chi connectivity index (χ1n) is 12.3. The first kappa shape index (κ1) is 19.9. The second-order valence-electron chi connectivity index (χ2n) is 9.49. The van der Waals surface area contributed by atoms with Gasteiger partial charge in [0.05, 0.1) is 11.7 Å². The molecule has 0 aromatic carbocycles. The lowest BCUT2D eigenvalue weighted by molar-refractivity contribution is 0.586. The van der Waals surface area contributed by atoms with Crippen LogP contribution in [0.2, 0.25) is 0 Å². The molecule has 7 heteroatoms. The Bertz CT molecular complexity index is 1440. The number of rotatable bonds is 4. The smallest absolute Gasteiger partial charge is 0.163 e. The van der Waals surface area contributed by atoms with Crippen LogP contribution in [0, 0.1) is 0 Å². The van der Waals surface area contributed by atoms with Crippen molar-refractivity contribution in [2.24, 2.45) is 0 Å². The van der Waals surface area contributed by atoms with Crippen molar-refractivity contribution < 1.29 is 0 Å². The van der Waals surface area contributed by atoms with Crippen LogP contribution in [-0.2, 0) is 0 Å². The van der Waals surface area contributed by atoms with Crippen LogP contribution in [0.3, 0.4) is 0 Å². The van der Waals surface area contributed by atoms with E-state index in [0.29, 0.717) is 11.8 Å². The summed E-state index contributed by atoms with van der Waals surface area (Å²) in [5, 5.41) is 5.77. The molecule has 4 aromatic heterocycles. The van der Waals surface area contributed by atoms with Gasteiger partial charge in [-0.05, 0) is 42.4 Å². The van der Waals surface area contributed by atoms with Gasteiger partial charge in [0.15, 0.2) is 5.82 Å². The van der Waals surface area contributed by atoms with E-state index < -0.39 is 0 Å². The van der Waals surface area contributed by atoms with Crippen molar-refractivity contribution in [1.29, 1.82) is 0 Å². The van der Waals surface area contributed by atoms with Crippen LogP contribution < -0.4 is 10.2 Å². The quantitative estimate of drug-likeness (QED) is 0.479. The van der Waals surface area contributed by atoms with Crippen LogP contribution >= 0.6 is 0 Å². The largest absolute Gasteiger partial charge is 0.353 e. The van der Waals surface area contributed by atoms with E-state index in [1.807, 2.05) is 18.6 Å². The fourth-order valence-corrected chi connectivity index (χ4v) is 5.39. The number of hydrogen-bond acceptors (Lipinski definition) is 6. The molecule has 2 aliphatic carbocycles. The molecule has 0 bridgehead atoms. The predicted molar refractivity (Wildman–Crippen MR) is 135 cm³/mol. The lowest BCUT2D eigenvalue weighted by Crippen LogP contribution is -2.44. The van der Waals surface area contributed by atoms with Gasteiger partial charge in [-0.2, -0.15) is 0 Å². The van der Waals surface area contributed by atoms with E-state index in [0.717, 1.165) is 66.4 Å². The third kappa shape index (κ3) is 3.30. The molecule has 1 atom stereocenters. The third-order valence-corrected chi connectivity index (χ3v) is 7.28. The number of nitrogens with zero attached hydrogens (tertiary/aromatic N) is 5. The molecular formula is C27H27N7. The predicted octanol–water partition coefficient (Wildman–Crippen LogP) is 4.45. The monoisotopic (exact) mass is 449 g/mol. The van der Waals surface area contributed by atoms with Gasteiger partial charge in [-0.25, -0.2) is 15.0 Å². The van der Waals surface area contributed by atoms with Crippen molar-refractivity contribution in [3.8, 4) is 11.4 Å². The zero-order valence-electron chi connectivity index (χ0n) is 19.0. The fourth-order valence-electron chi connectivity index (χ4n) is 5.39. The minimum absolute atomic E-state index is 0.318. The number of piperazine rings is 1. The van der Waals surface area contributed by atoms with Crippen molar-refractivity contribution in [3.63, 3.8) is 0 Å². The minimum atomic E-state index is 0.318. The number of nitrogens with one attached hydrogen (secondary N) is 2. The maximum atomic E-state index is 5.27. The van der Waals surface area contributed by atoms with Crippen molar-refractivity contribution in [2.75, 3.05) is 31.1 Å².